The molecule has 420 valence electrons. The summed E-state index contributed by atoms with van der Waals surface area (Å²) in [5, 5.41) is 22.7. The Bertz CT molecular complexity index is 3110. The van der Waals surface area contributed by atoms with Crippen molar-refractivity contribution in [3.05, 3.63) is 128 Å². The highest BCUT2D eigenvalue weighted by Gasteiger charge is 2.45. The molecule has 4 aliphatic heterocycles. The molecule has 79 heavy (non-hydrogen) atoms. The van der Waals surface area contributed by atoms with Crippen LogP contribution < -0.4 is 40.2 Å². The molecule has 18 nitrogen and oxygen atoms in total. The first kappa shape index (κ1) is 58.4. The Morgan fingerprint density at radius 1 is 0.797 bits per heavy atom. The lowest BCUT2D eigenvalue weighted by molar-refractivity contribution is -0.135. The number of hydrogen-bond acceptors (Lipinski definition) is 13. The minimum Gasteiger partial charge on any atom is -0.497 e. The van der Waals surface area contributed by atoms with Gasteiger partial charge in [-0.2, -0.15) is 0 Å². The molecule has 0 unspecified atom stereocenters. The van der Waals surface area contributed by atoms with Gasteiger partial charge in [0.15, 0.2) is 14.1 Å². The average Bonchev–Trinajstić information content (AvgIpc) is 3.95. The van der Waals surface area contributed by atoms with Gasteiger partial charge in [-0.1, -0.05) is 80.1 Å². The monoisotopic (exact) mass is 1180 g/mol. The van der Waals surface area contributed by atoms with Gasteiger partial charge in [0, 0.05) is 34.8 Å². The van der Waals surface area contributed by atoms with Gasteiger partial charge < -0.3 is 54.1 Å². The summed E-state index contributed by atoms with van der Waals surface area (Å²) in [6, 6.07) is 20.7. The fourth-order valence-electron chi connectivity index (χ4n) is 9.21. The summed E-state index contributed by atoms with van der Waals surface area (Å²) in [4.78, 5) is 61.1. The van der Waals surface area contributed by atoms with Crippen LogP contribution in [-0.4, -0.2) is 89.8 Å². The van der Waals surface area contributed by atoms with Crippen molar-refractivity contribution < 1.29 is 52.0 Å². The number of ether oxygens (including phenoxy) is 6. The zero-order valence-corrected chi connectivity index (χ0v) is 49.7. The molecule has 21 heteroatoms. The SMILES string of the molecule is COc1cc(OC)c2c(c1)[C@@H](COCc1ccccc1)NC(=O)[C@H]1NC(=O)[C@H](NC(=O)[C@H](NC(=O)OC(C)(C)C)c3cc(Br)c(N=NN4CCCC4)c(c3)Oc3ccc(cc3Cl)[C@H]1O[Si](C)(C)C(C)(C)C)c1ccc(OC)c-2c1. The molecular weight excluding hydrogens is 1110 g/mol. The number of methoxy groups -OCH3 is 3. The number of amides is 4. The van der Waals surface area contributed by atoms with Crippen molar-refractivity contribution in [2.45, 2.75) is 115 Å². The number of nitrogens with zero attached hydrogens (tertiary/aromatic N) is 3. The Labute approximate surface area is 475 Å². The van der Waals surface area contributed by atoms with E-state index in [4.69, 9.17) is 44.4 Å². The average molecular weight is 1180 g/mol. The summed E-state index contributed by atoms with van der Waals surface area (Å²) < 4.78 is 44.5. The number of carbonyl (C=O) groups is 4. The van der Waals surface area contributed by atoms with Gasteiger partial charge in [-0.15, -0.1) is 5.11 Å². The summed E-state index contributed by atoms with van der Waals surface area (Å²) in [7, 11) is 1.64. The Balaban J connectivity index is 1.41. The number of fused-ring (bicyclic) bond motifs is 8. The lowest BCUT2D eigenvalue weighted by Gasteiger charge is -2.42. The maximum atomic E-state index is 15.9. The van der Waals surface area contributed by atoms with Crippen LogP contribution in [0.25, 0.3) is 11.1 Å². The number of alkyl carbamates (subject to hydrolysis) is 1. The second-order valence-electron chi connectivity index (χ2n) is 22.1. The largest absolute Gasteiger partial charge is 0.497 e. The first-order valence-electron chi connectivity index (χ1n) is 26.1. The van der Waals surface area contributed by atoms with Gasteiger partial charge in [0.25, 0.3) is 0 Å². The van der Waals surface area contributed by atoms with E-state index in [2.05, 4.69) is 68.3 Å². The lowest BCUT2D eigenvalue weighted by atomic mass is 9.89. The molecule has 4 heterocycles. The summed E-state index contributed by atoms with van der Waals surface area (Å²) in [6.07, 6.45) is -0.241. The van der Waals surface area contributed by atoms with Crippen molar-refractivity contribution in [3.8, 4) is 39.9 Å². The fourth-order valence-corrected chi connectivity index (χ4v) is 11.2. The van der Waals surface area contributed by atoms with E-state index in [1.807, 2.05) is 48.4 Å². The quantitative estimate of drug-likeness (QED) is 0.0679. The van der Waals surface area contributed by atoms with Gasteiger partial charge in [0.1, 0.15) is 52.4 Å². The van der Waals surface area contributed by atoms with Gasteiger partial charge in [0.05, 0.1) is 51.7 Å². The van der Waals surface area contributed by atoms with Gasteiger partial charge in [-0.05, 0) is 138 Å². The Morgan fingerprint density at radius 3 is 2.16 bits per heavy atom. The number of halogens is 2. The zero-order chi connectivity index (χ0) is 57.0. The maximum absolute atomic E-state index is 15.9. The standard InChI is InChI=1S/C58H69BrClN7O11Si/c1-57(2,3)77-56(71)64-49-36-26-40(59)50(65-66-67-23-15-16-24-67)46(28-36)76-44-22-20-35(27-41(44)60)52(78-79(10,11)58(4,5)6)51-55(70)61-42(32-75-31-33-17-13-12-14-18-33)38-29-37(72-7)30-45(74-9)47(38)39-25-34(19-21-43(39)73-8)48(53(68)63-51)62-54(49)69/h12-14,17-22,25-30,42,48-49,51-52H,15-16,23-24,31-32H2,1-11H3,(H,61,70)(H,62,69)(H,63,68)(H,64,71)/t42-,48-,49-,51+,52-/m1/s1. The second-order valence-corrected chi connectivity index (χ2v) is 28.1. The van der Waals surface area contributed by atoms with Crippen LogP contribution in [0.2, 0.25) is 23.2 Å². The molecule has 5 aromatic carbocycles. The minimum absolute atomic E-state index is 0.0706. The molecule has 4 aliphatic rings. The molecule has 8 bridgehead atoms. The van der Waals surface area contributed by atoms with Crippen molar-refractivity contribution in [1.29, 1.82) is 0 Å². The number of nitrogens with one attached hydrogen (secondary N) is 4. The fraction of sp³-hybridized carbons (Fsp3) is 0.414. The molecule has 5 atom stereocenters. The molecule has 5 aromatic rings. The first-order chi connectivity index (χ1) is 37.5. The van der Waals surface area contributed by atoms with Crippen molar-refractivity contribution in [2.75, 3.05) is 41.0 Å². The van der Waals surface area contributed by atoms with E-state index < -0.39 is 73.0 Å². The first-order valence-corrected chi connectivity index (χ1v) is 30.2. The third kappa shape index (κ3) is 13.7. The summed E-state index contributed by atoms with van der Waals surface area (Å²) >= 11 is 11.0. The van der Waals surface area contributed by atoms with E-state index in [1.165, 1.54) is 21.3 Å². The molecular formula is C58H69BrClN7O11Si. The molecule has 4 N–H and O–H groups in total. The lowest BCUT2D eigenvalue weighted by Crippen LogP contribution is -2.57. The van der Waals surface area contributed by atoms with Crippen LogP contribution in [0, 0.1) is 0 Å². The van der Waals surface area contributed by atoms with Gasteiger partial charge in [0.2, 0.25) is 17.7 Å². The van der Waals surface area contributed by atoms with Gasteiger partial charge in [-0.25, -0.2) is 4.79 Å². The second kappa shape index (κ2) is 24.3. The Kier molecular flexibility index (Phi) is 18.0. The summed E-state index contributed by atoms with van der Waals surface area (Å²) in [5.41, 5.74) is 2.49. The summed E-state index contributed by atoms with van der Waals surface area (Å²) in [6.45, 7) is 16.9. The number of benzene rings is 5. The van der Waals surface area contributed by atoms with E-state index in [0.29, 0.717) is 57.1 Å². The van der Waals surface area contributed by atoms with Crippen molar-refractivity contribution in [2.24, 2.45) is 10.3 Å². The van der Waals surface area contributed by atoms with E-state index >= 15 is 14.4 Å². The highest BCUT2D eigenvalue weighted by Crippen LogP contribution is 2.48. The van der Waals surface area contributed by atoms with Crippen LogP contribution in [0.1, 0.15) is 106 Å². The van der Waals surface area contributed by atoms with Crippen molar-refractivity contribution in [1.82, 2.24) is 26.3 Å². The molecule has 0 spiro atoms. The van der Waals surface area contributed by atoms with E-state index in [9.17, 15) is 4.79 Å². The highest BCUT2D eigenvalue weighted by molar-refractivity contribution is 9.10. The molecule has 0 radical (unpaired) electrons. The van der Waals surface area contributed by atoms with Crippen LogP contribution in [0.3, 0.4) is 0 Å². The topological polar surface area (TPSA) is 209 Å². The third-order valence-electron chi connectivity index (χ3n) is 14.3. The van der Waals surface area contributed by atoms with Crippen molar-refractivity contribution >= 4 is 65.4 Å². The van der Waals surface area contributed by atoms with Crippen LogP contribution >= 0.6 is 27.5 Å². The molecule has 0 aromatic heterocycles. The van der Waals surface area contributed by atoms with Crippen LogP contribution in [0.4, 0.5) is 10.5 Å². The molecule has 1 saturated heterocycles. The van der Waals surface area contributed by atoms with Gasteiger partial charge >= 0.3 is 6.09 Å². The van der Waals surface area contributed by atoms with E-state index in [0.717, 1.165) is 18.4 Å². The van der Waals surface area contributed by atoms with E-state index in [1.54, 1.807) is 81.4 Å². The molecule has 9 rings (SSSR count). The molecule has 1 fully saturated rings. The number of carbonyl (C=O) groups excluding carboxylic acids is 4. The van der Waals surface area contributed by atoms with Gasteiger partial charge in [-0.3, -0.25) is 19.4 Å². The predicted molar refractivity (Wildman–Crippen MR) is 305 cm³/mol. The smallest absolute Gasteiger partial charge is 0.408 e. The minimum atomic E-state index is -2.91. The Hall–Kier alpha value is -6.71. The molecule has 0 saturated carbocycles. The number of hydrogen-bond donors (Lipinski definition) is 4. The maximum Gasteiger partial charge on any atom is 0.408 e. The highest BCUT2D eigenvalue weighted by atomic mass is 79.9. The number of rotatable bonds is 12. The Morgan fingerprint density at radius 2 is 1.51 bits per heavy atom. The third-order valence-corrected chi connectivity index (χ3v) is 19.7. The van der Waals surface area contributed by atoms with Crippen molar-refractivity contribution in [3.63, 3.8) is 0 Å². The van der Waals surface area contributed by atoms with E-state index in [-0.39, 0.29) is 46.5 Å². The normalized spacial score (nSPS) is 19.8. The summed E-state index contributed by atoms with van der Waals surface area (Å²) in [5.74, 6) is -0.923. The molecule has 4 amide bonds. The van der Waals surface area contributed by atoms with Crippen LogP contribution in [0.5, 0.6) is 28.7 Å². The zero-order valence-electron chi connectivity index (χ0n) is 46.4. The van der Waals surface area contributed by atoms with Crippen LogP contribution in [-0.2, 0) is 34.9 Å². The molecule has 0 aliphatic carbocycles. The van der Waals surface area contributed by atoms with Crippen LogP contribution in [0.15, 0.2) is 106 Å². The predicted octanol–water partition coefficient (Wildman–Crippen LogP) is 12.1.